The number of nitrogens with one attached hydrogen (secondary N) is 1. The highest BCUT2D eigenvalue weighted by atomic mass is 16.3. The summed E-state index contributed by atoms with van der Waals surface area (Å²) in [5.41, 5.74) is 10.9. The van der Waals surface area contributed by atoms with Gasteiger partial charge in [0.15, 0.2) is 0 Å². The van der Waals surface area contributed by atoms with Gasteiger partial charge in [0.05, 0.1) is 0 Å². The van der Waals surface area contributed by atoms with Crippen LogP contribution >= 0.6 is 0 Å². The van der Waals surface area contributed by atoms with E-state index in [1.54, 1.807) is 0 Å². The van der Waals surface area contributed by atoms with Crippen LogP contribution in [0.1, 0.15) is 58.1 Å². The van der Waals surface area contributed by atoms with Crippen molar-refractivity contribution in [1.82, 2.24) is 9.13 Å². The summed E-state index contributed by atoms with van der Waals surface area (Å²) in [7, 11) is 4.31. The second kappa shape index (κ2) is 13.7. The van der Waals surface area contributed by atoms with E-state index in [0.717, 1.165) is 25.2 Å². The molecule has 6 aromatic rings. The lowest BCUT2D eigenvalue weighted by atomic mass is 9.78. The molecular formula is C45H52N4O2. The first-order valence-electron chi connectivity index (χ1n) is 18.4. The second-order valence-corrected chi connectivity index (χ2v) is 15.2. The largest absolute Gasteiger partial charge is 0.396 e. The molecule has 0 fully saturated rings. The molecule has 7 rings (SSSR count). The predicted molar refractivity (Wildman–Crippen MR) is 217 cm³/mol. The van der Waals surface area contributed by atoms with Gasteiger partial charge >= 0.3 is 0 Å². The topological polar surface area (TPSA) is 65.6 Å². The fourth-order valence-corrected chi connectivity index (χ4v) is 8.62. The zero-order valence-electron chi connectivity index (χ0n) is 31.0. The van der Waals surface area contributed by atoms with Gasteiger partial charge in [0.25, 0.3) is 0 Å². The van der Waals surface area contributed by atoms with Gasteiger partial charge in [-0.25, -0.2) is 0 Å². The van der Waals surface area contributed by atoms with Gasteiger partial charge in [-0.1, -0.05) is 88.4 Å². The van der Waals surface area contributed by atoms with Gasteiger partial charge in [0.1, 0.15) is 0 Å². The van der Waals surface area contributed by atoms with Crippen molar-refractivity contribution in [3.8, 4) is 0 Å². The fraction of sp³-hybridized carbons (Fsp3) is 0.333. The monoisotopic (exact) mass is 680 g/mol. The number of aliphatic hydroxyl groups excluding tert-OH is 2. The van der Waals surface area contributed by atoms with Crippen LogP contribution in [0.25, 0.3) is 43.6 Å². The van der Waals surface area contributed by atoms with E-state index in [1.807, 2.05) is 0 Å². The van der Waals surface area contributed by atoms with E-state index in [-0.39, 0.29) is 24.0 Å². The van der Waals surface area contributed by atoms with Crippen molar-refractivity contribution in [2.75, 3.05) is 36.5 Å². The molecule has 0 radical (unpaired) electrons. The second-order valence-electron chi connectivity index (χ2n) is 15.2. The van der Waals surface area contributed by atoms with Gasteiger partial charge in [0, 0.05) is 106 Å². The summed E-state index contributed by atoms with van der Waals surface area (Å²) < 4.78 is 4.60. The number of hydrogen-bond acceptors (Lipinski definition) is 4. The van der Waals surface area contributed by atoms with Crippen molar-refractivity contribution in [3.63, 3.8) is 0 Å². The lowest BCUT2D eigenvalue weighted by molar-refractivity contribution is 0.290. The van der Waals surface area contributed by atoms with Gasteiger partial charge in [-0.3, -0.25) is 0 Å². The minimum atomic E-state index is -0.221. The summed E-state index contributed by atoms with van der Waals surface area (Å²) in [6.07, 6.45) is 13.3. The number of hydrogen-bond donors (Lipinski definition) is 3. The van der Waals surface area contributed by atoms with Crippen molar-refractivity contribution in [1.29, 1.82) is 0 Å². The average molecular weight is 681 g/mol. The van der Waals surface area contributed by atoms with Crippen LogP contribution in [0.2, 0.25) is 0 Å². The first-order chi connectivity index (χ1) is 24.6. The Bertz CT molecular complexity index is 2330. The van der Waals surface area contributed by atoms with Crippen molar-refractivity contribution in [2.24, 2.45) is 14.1 Å². The SMILES string of the molecule is Cn1c2ccccc2c2c(C(C)(C)C/C=C/C=C/C=C3/N(CCCO)c4ccc5c(c4C3(C)C)c3ccccc3n5C)c(NCCCO)ccc21. The van der Waals surface area contributed by atoms with Crippen LogP contribution in [0, 0.1) is 0 Å². The van der Waals surface area contributed by atoms with E-state index in [4.69, 9.17) is 0 Å². The minimum Gasteiger partial charge on any atom is -0.396 e. The molecule has 0 saturated heterocycles. The Balaban J connectivity index is 1.20. The molecule has 0 aliphatic carbocycles. The standard InChI is InChI=1S/C45H52N4O2/c1-44(2,42-33(46-27-15-29-50)22-23-36-40(42)31-17-10-12-19-34(31)47(36)5)26-14-8-7-9-21-39-45(3,4)43-38(49(39)28-16-30-51)25-24-37-41(43)32-18-11-13-20-35(32)48(37)6/h7-14,17-25,46,50-51H,15-16,26-30H2,1-6H3/b9-7+,14-8+,39-21+. The minimum absolute atomic E-state index is 0.159. The molecule has 3 heterocycles. The zero-order chi connectivity index (χ0) is 35.9. The predicted octanol–water partition coefficient (Wildman–Crippen LogP) is 9.61. The summed E-state index contributed by atoms with van der Waals surface area (Å²) in [6, 6.07) is 26.3. The molecule has 0 spiro atoms. The van der Waals surface area contributed by atoms with E-state index in [9.17, 15) is 10.2 Å². The molecular weight excluding hydrogens is 629 g/mol. The van der Waals surface area contributed by atoms with Gasteiger partial charge < -0.3 is 29.6 Å². The maximum Gasteiger partial charge on any atom is 0.0493 e. The van der Waals surface area contributed by atoms with Crippen LogP contribution in [0.5, 0.6) is 0 Å². The summed E-state index contributed by atoms with van der Waals surface area (Å²) in [5, 5.41) is 28.1. The molecule has 0 amide bonds. The molecule has 4 aromatic carbocycles. The number of benzene rings is 4. The van der Waals surface area contributed by atoms with Crippen LogP contribution < -0.4 is 10.2 Å². The normalized spacial score (nSPS) is 15.6. The number of aliphatic hydroxyl groups is 2. The van der Waals surface area contributed by atoms with E-state index >= 15 is 0 Å². The highest BCUT2D eigenvalue weighted by molar-refractivity contribution is 6.13. The number of aryl methyl sites for hydroxylation is 2. The van der Waals surface area contributed by atoms with E-state index in [1.165, 1.54) is 66.1 Å². The molecule has 1 aliphatic heterocycles. The summed E-state index contributed by atoms with van der Waals surface area (Å²) >= 11 is 0. The molecule has 51 heavy (non-hydrogen) atoms. The van der Waals surface area contributed by atoms with Gasteiger partial charge in [-0.05, 0) is 78.3 Å². The Hall–Kier alpha value is -4.78. The third kappa shape index (κ3) is 5.84. The molecule has 0 unspecified atom stereocenters. The molecule has 3 N–H and O–H groups in total. The van der Waals surface area contributed by atoms with Crippen LogP contribution in [-0.2, 0) is 24.9 Å². The van der Waals surface area contributed by atoms with Crippen LogP contribution in [0.3, 0.4) is 0 Å². The third-order valence-electron chi connectivity index (χ3n) is 11.1. The first kappa shape index (κ1) is 34.7. The summed E-state index contributed by atoms with van der Waals surface area (Å²) in [5.74, 6) is 0. The fourth-order valence-electron chi connectivity index (χ4n) is 8.62. The number of para-hydroxylation sites is 2. The smallest absolute Gasteiger partial charge is 0.0493 e. The van der Waals surface area contributed by atoms with Crippen molar-refractivity contribution >= 4 is 55.0 Å². The van der Waals surface area contributed by atoms with Gasteiger partial charge in [-0.15, -0.1) is 0 Å². The van der Waals surface area contributed by atoms with E-state index in [2.05, 4.69) is 164 Å². The lowest BCUT2D eigenvalue weighted by Crippen LogP contribution is -2.27. The lowest BCUT2D eigenvalue weighted by Gasteiger charge is -2.28. The Morgan fingerprint density at radius 1 is 0.725 bits per heavy atom. The maximum atomic E-state index is 9.82. The Morgan fingerprint density at radius 3 is 2.04 bits per heavy atom. The number of allylic oxidation sites excluding steroid dienone is 6. The van der Waals surface area contributed by atoms with Gasteiger partial charge in [-0.2, -0.15) is 0 Å². The Kier molecular flexibility index (Phi) is 9.34. The van der Waals surface area contributed by atoms with Crippen molar-refractivity contribution in [2.45, 2.75) is 57.8 Å². The first-order valence-corrected chi connectivity index (χ1v) is 18.4. The van der Waals surface area contributed by atoms with Crippen molar-refractivity contribution in [3.05, 3.63) is 120 Å². The number of nitrogens with zero attached hydrogens (tertiary/aromatic N) is 3. The van der Waals surface area contributed by atoms with Gasteiger partial charge in [0.2, 0.25) is 0 Å². The molecule has 0 saturated carbocycles. The molecule has 6 nitrogen and oxygen atoms in total. The molecule has 1 aliphatic rings. The number of rotatable bonds is 12. The average Bonchev–Trinajstić information content (AvgIpc) is 3.66. The number of anilines is 2. The third-order valence-corrected chi connectivity index (χ3v) is 11.1. The van der Waals surface area contributed by atoms with Crippen LogP contribution in [-0.4, -0.2) is 45.7 Å². The molecule has 0 bridgehead atoms. The molecule has 0 atom stereocenters. The number of aromatic nitrogens is 2. The molecule has 264 valence electrons. The summed E-state index contributed by atoms with van der Waals surface area (Å²) in [4.78, 5) is 2.42. The quantitative estimate of drug-likeness (QED) is 0.0890. The Labute approximate surface area is 302 Å². The zero-order valence-corrected chi connectivity index (χ0v) is 31.0. The summed E-state index contributed by atoms with van der Waals surface area (Å²) in [6.45, 7) is 11.2. The maximum absolute atomic E-state index is 9.82. The number of fused-ring (bicyclic) bond motifs is 8. The van der Waals surface area contributed by atoms with Crippen LogP contribution in [0.4, 0.5) is 11.4 Å². The highest BCUT2D eigenvalue weighted by Gasteiger charge is 2.41. The van der Waals surface area contributed by atoms with Crippen molar-refractivity contribution < 1.29 is 10.2 Å². The highest BCUT2D eigenvalue weighted by Crippen LogP contribution is 2.52. The molecule has 2 aromatic heterocycles. The molecule has 6 heteroatoms. The van der Waals surface area contributed by atoms with Crippen LogP contribution in [0.15, 0.2) is 109 Å². The van der Waals surface area contributed by atoms with E-state index < -0.39 is 0 Å². The Morgan fingerprint density at radius 2 is 1.35 bits per heavy atom. The van der Waals surface area contributed by atoms with E-state index in [0.29, 0.717) is 12.8 Å².